The third-order valence-corrected chi connectivity index (χ3v) is 2.56. The Morgan fingerprint density at radius 1 is 1.33 bits per heavy atom. The topological polar surface area (TPSA) is 74.5 Å². The molecule has 0 aliphatic rings. The van der Waals surface area contributed by atoms with Gasteiger partial charge in [-0.1, -0.05) is 6.07 Å². The molecular formula is C12H21N5O. The van der Waals surface area contributed by atoms with E-state index < -0.39 is 0 Å². The van der Waals surface area contributed by atoms with Crippen molar-refractivity contribution in [3.05, 3.63) is 23.9 Å². The van der Waals surface area contributed by atoms with Crippen LogP contribution in [0.5, 0.6) is 0 Å². The second-order valence-electron chi connectivity index (χ2n) is 4.44. The van der Waals surface area contributed by atoms with Gasteiger partial charge in [-0.3, -0.25) is 4.79 Å². The number of hydrogen-bond acceptors (Lipinski definition) is 5. The molecule has 0 atom stereocenters. The maximum absolute atomic E-state index is 12.1. The molecule has 0 saturated heterocycles. The smallest absolute Gasteiger partial charge is 0.272 e. The number of hydrogen-bond donors (Lipinski definition) is 2. The van der Waals surface area contributed by atoms with Crippen LogP contribution in [0.3, 0.4) is 0 Å². The van der Waals surface area contributed by atoms with Gasteiger partial charge in [-0.25, -0.2) is 10.8 Å². The Morgan fingerprint density at radius 2 is 2.06 bits per heavy atom. The summed E-state index contributed by atoms with van der Waals surface area (Å²) >= 11 is 0. The van der Waals surface area contributed by atoms with Crippen LogP contribution in [0.15, 0.2) is 18.2 Å². The van der Waals surface area contributed by atoms with Crippen molar-refractivity contribution >= 4 is 11.7 Å². The Morgan fingerprint density at radius 3 is 2.67 bits per heavy atom. The minimum atomic E-state index is -0.0918. The highest BCUT2D eigenvalue weighted by Crippen LogP contribution is 2.06. The zero-order valence-corrected chi connectivity index (χ0v) is 11.2. The molecular weight excluding hydrogens is 230 g/mol. The van der Waals surface area contributed by atoms with Crippen LogP contribution >= 0.6 is 0 Å². The van der Waals surface area contributed by atoms with Crippen LogP contribution in [0.25, 0.3) is 0 Å². The molecule has 3 N–H and O–H groups in total. The first-order valence-corrected chi connectivity index (χ1v) is 5.88. The predicted molar refractivity (Wildman–Crippen MR) is 72.2 cm³/mol. The largest absolute Gasteiger partial charge is 0.340 e. The van der Waals surface area contributed by atoms with Gasteiger partial charge in [-0.05, 0) is 39.2 Å². The lowest BCUT2D eigenvalue weighted by molar-refractivity contribution is 0.0785. The minimum absolute atomic E-state index is 0.0918. The van der Waals surface area contributed by atoms with Gasteiger partial charge in [0.05, 0.1) is 0 Å². The van der Waals surface area contributed by atoms with E-state index in [0.29, 0.717) is 18.1 Å². The highest BCUT2D eigenvalue weighted by Gasteiger charge is 2.13. The summed E-state index contributed by atoms with van der Waals surface area (Å²) in [6.07, 6.45) is 0.935. The maximum Gasteiger partial charge on any atom is 0.272 e. The van der Waals surface area contributed by atoms with Crippen molar-refractivity contribution < 1.29 is 4.79 Å². The molecule has 1 rings (SSSR count). The summed E-state index contributed by atoms with van der Waals surface area (Å²) in [5.41, 5.74) is 2.83. The van der Waals surface area contributed by atoms with E-state index in [1.54, 1.807) is 30.1 Å². The summed E-state index contributed by atoms with van der Waals surface area (Å²) in [6.45, 7) is 1.66. The molecule has 1 heterocycles. The molecule has 1 aromatic heterocycles. The fourth-order valence-corrected chi connectivity index (χ4v) is 1.56. The standard InChI is InChI=1S/C12H21N5O/c1-16(2)8-5-9-17(3)12(18)10-6-4-7-11(14-10)15-13/h4,6-7H,5,8-9,13H2,1-3H3,(H,14,15). The van der Waals surface area contributed by atoms with E-state index in [1.165, 1.54) is 0 Å². The highest BCUT2D eigenvalue weighted by atomic mass is 16.2. The van der Waals surface area contributed by atoms with E-state index in [2.05, 4.69) is 15.3 Å². The lowest BCUT2D eigenvalue weighted by atomic mass is 10.3. The van der Waals surface area contributed by atoms with E-state index >= 15 is 0 Å². The molecule has 0 unspecified atom stereocenters. The number of rotatable bonds is 6. The lowest BCUT2D eigenvalue weighted by Crippen LogP contribution is -2.30. The molecule has 18 heavy (non-hydrogen) atoms. The van der Waals surface area contributed by atoms with Crippen molar-refractivity contribution in [2.75, 3.05) is 39.7 Å². The molecule has 6 nitrogen and oxygen atoms in total. The quantitative estimate of drug-likeness (QED) is 0.565. The molecule has 0 fully saturated rings. The number of amides is 1. The Hall–Kier alpha value is -1.66. The zero-order chi connectivity index (χ0) is 13.5. The fraction of sp³-hybridized carbons (Fsp3) is 0.500. The fourth-order valence-electron chi connectivity index (χ4n) is 1.56. The normalized spacial score (nSPS) is 10.5. The second-order valence-corrected chi connectivity index (χ2v) is 4.44. The monoisotopic (exact) mass is 251 g/mol. The average Bonchev–Trinajstić information content (AvgIpc) is 2.37. The Bertz CT molecular complexity index is 394. The Labute approximate surface area is 108 Å². The number of nitrogen functional groups attached to an aromatic ring is 1. The molecule has 100 valence electrons. The molecule has 0 aliphatic carbocycles. The number of anilines is 1. The van der Waals surface area contributed by atoms with Crippen LogP contribution in [0.4, 0.5) is 5.82 Å². The second kappa shape index (κ2) is 6.93. The van der Waals surface area contributed by atoms with Gasteiger partial charge < -0.3 is 15.2 Å². The van der Waals surface area contributed by atoms with Gasteiger partial charge in [0.15, 0.2) is 0 Å². The summed E-state index contributed by atoms with van der Waals surface area (Å²) in [6, 6.07) is 5.15. The first-order chi connectivity index (χ1) is 8.54. The SMILES string of the molecule is CN(C)CCCN(C)C(=O)c1cccc(NN)n1. The Balaban J connectivity index is 2.56. The van der Waals surface area contributed by atoms with Gasteiger partial charge in [-0.2, -0.15) is 0 Å². The zero-order valence-electron chi connectivity index (χ0n) is 11.2. The molecule has 1 amide bonds. The number of nitrogens with one attached hydrogen (secondary N) is 1. The van der Waals surface area contributed by atoms with Gasteiger partial charge >= 0.3 is 0 Å². The molecule has 0 aromatic carbocycles. The summed E-state index contributed by atoms with van der Waals surface area (Å²) in [4.78, 5) is 20.0. The minimum Gasteiger partial charge on any atom is -0.340 e. The van der Waals surface area contributed by atoms with Crippen LogP contribution in [-0.4, -0.2) is 54.9 Å². The van der Waals surface area contributed by atoms with E-state index in [-0.39, 0.29) is 5.91 Å². The van der Waals surface area contributed by atoms with Crippen molar-refractivity contribution in [2.24, 2.45) is 5.84 Å². The third-order valence-electron chi connectivity index (χ3n) is 2.56. The first kappa shape index (κ1) is 14.4. The Kier molecular flexibility index (Phi) is 5.54. The predicted octanol–water partition coefficient (Wildman–Crippen LogP) is 0.391. The molecule has 0 saturated carbocycles. The summed E-state index contributed by atoms with van der Waals surface area (Å²) in [5.74, 6) is 5.66. The average molecular weight is 251 g/mol. The summed E-state index contributed by atoms with van der Waals surface area (Å²) in [7, 11) is 5.81. The van der Waals surface area contributed by atoms with Crippen molar-refractivity contribution in [3.8, 4) is 0 Å². The van der Waals surface area contributed by atoms with Crippen molar-refractivity contribution in [3.63, 3.8) is 0 Å². The number of hydrazine groups is 1. The highest BCUT2D eigenvalue weighted by molar-refractivity contribution is 5.92. The number of nitrogens with zero attached hydrogens (tertiary/aromatic N) is 3. The van der Waals surface area contributed by atoms with Crippen LogP contribution < -0.4 is 11.3 Å². The van der Waals surface area contributed by atoms with Crippen molar-refractivity contribution in [1.29, 1.82) is 0 Å². The van der Waals surface area contributed by atoms with Crippen LogP contribution in [-0.2, 0) is 0 Å². The van der Waals surface area contributed by atoms with Gasteiger partial charge in [0.25, 0.3) is 5.91 Å². The number of nitrogens with two attached hydrogens (primary N) is 1. The molecule has 0 spiro atoms. The maximum atomic E-state index is 12.1. The summed E-state index contributed by atoms with van der Waals surface area (Å²) in [5, 5.41) is 0. The molecule has 0 radical (unpaired) electrons. The molecule has 0 aliphatic heterocycles. The molecule has 6 heteroatoms. The number of pyridine rings is 1. The van der Waals surface area contributed by atoms with E-state index in [1.807, 2.05) is 14.1 Å². The van der Waals surface area contributed by atoms with Crippen LogP contribution in [0.2, 0.25) is 0 Å². The van der Waals surface area contributed by atoms with Gasteiger partial charge in [-0.15, -0.1) is 0 Å². The number of carbonyl (C=O) groups is 1. The van der Waals surface area contributed by atoms with E-state index in [9.17, 15) is 4.79 Å². The van der Waals surface area contributed by atoms with Crippen molar-refractivity contribution in [1.82, 2.24) is 14.8 Å². The van der Waals surface area contributed by atoms with Gasteiger partial charge in [0, 0.05) is 13.6 Å². The van der Waals surface area contributed by atoms with Gasteiger partial charge in [0.1, 0.15) is 11.5 Å². The lowest BCUT2D eigenvalue weighted by Gasteiger charge is -2.18. The van der Waals surface area contributed by atoms with Crippen LogP contribution in [0.1, 0.15) is 16.9 Å². The van der Waals surface area contributed by atoms with E-state index in [4.69, 9.17) is 5.84 Å². The van der Waals surface area contributed by atoms with Gasteiger partial charge in [0.2, 0.25) is 0 Å². The number of aromatic nitrogens is 1. The third kappa shape index (κ3) is 4.31. The first-order valence-electron chi connectivity index (χ1n) is 5.88. The van der Waals surface area contributed by atoms with Crippen molar-refractivity contribution in [2.45, 2.75) is 6.42 Å². The number of carbonyl (C=O) groups excluding carboxylic acids is 1. The van der Waals surface area contributed by atoms with Crippen LogP contribution in [0, 0.1) is 0 Å². The van der Waals surface area contributed by atoms with E-state index in [0.717, 1.165) is 13.0 Å². The summed E-state index contributed by atoms with van der Waals surface area (Å²) < 4.78 is 0. The molecule has 0 bridgehead atoms. The molecule has 1 aromatic rings.